The average Bonchev–Trinajstić information content (AvgIpc) is 1.76. The largest absolute Gasteiger partial charge is 0 e. The third kappa shape index (κ3) is 5.69. The van der Waals surface area contributed by atoms with Crippen LogP contribution in [0.1, 0.15) is 0 Å². The minimum Gasteiger partial charge on any atom is 0 e. The summed E-state index contributed by atoms with van der Waals surface area (Å²) in [5.41, 5.74) is 0. The van der Waals surface area contributed by atoms with Crippen molar-refractivity contribution in [1.82, 2.24) is 0 Å². The summed E-state index contributed by atoms with van der Waals surface area (Å²) < 4.78 is 0. The van der Waals surface area contributed by atoms with Crippen LogP contribution in [-0.2, 0) is 31.5 Å². The van der Waals surface area contributed by atoms with Gasteiger partial charge >= 0.3 is 43.9 Å². The summed E-state index contributed by atoms with van der Waals surface area (Å²) in [7, 11) is 0. The molecule has 0 atom stereocenters. The van der Waals surface area contributed by atoms with Crippen molar-refractivity contribution in [1.29, 1.82) is 0 Å². The molecular weight excluding hydrogens is 164 g/mol. The van der Waals surface area contributed by atoms with E-state index in [0.29, 0.717) is 0 Å². The van der Waals surface area contributed by atoms with Crippen LogP contribution in [0, 0.1) is 0 Å². The molecule has 6 heteroatoms. The molecule has 38 valence electrons. The van der Waals surface area contributed by atoms with Crippen LogP contribution in [0.4, 0.5) is 0 Å². The van der Waals surface area contributed by atoms with Gasteiger partial charge in [0.2, 0.25) is 0 Å². The Morgan fingerprint density at radius 1 is 1.14 bits per heavy atom. The molecular formula is CH4CaO4Ti. The molecule has 1 aliphatic rings. The van der Waals surface area contributed by atoms with Crippen molar-refractivity contribution in [2.24, 2.45) is 0 Å². The standard InChI is InChI=1S/CH2O4.Ca.Ti.2H/c2-1(3)4-5-1;;;;/h2-3H;;;;. The molecule has 0 aromatic carbocycles. The Hall–Kier alpha value is 1.81. The molecule has 0 spiro atoms. The zero-order valence-corrected chi connectivity index (χ0v) is 4.27. The Morgan fingerprint density at radius 2 is 1.29 bits per heavy atom. The van der Waals surface area contributed by atoms with Gasteiger partial charge in [0.05, 0.1) is 0 Å². The second-order valence-corrected chi connectivity index (χ2v) is 0.715. The average molecular weight is 168 g/mol. The molecule has 0 aromatic rings. The van der Waals surface area contributed by atoms with Gasteiger partial charge in [-0.2, -0.15) is 0 Å². The van der Waals surface area contributed by atoms with Gasteiger partial charge in [-0.3, -0.25) is 0 Å². The Labute approximate surface area is 84.6 Å². The van der Waals surface area contributed by atoms with Crippen LogP contribution in [0.5, 0.6) is 0 Å². The fraction of sp³-hybridized carbons (Fsp3) is 1.00. The summed E-state index contributed by atoms with van der Waals surface area (Å²) in [6.07, 6.45) is -2.25. The topological polar surface area (TPSA) is 65.5 Å². The minimum absolute atomic E-state index is 0. The monoisotopic (exact) mass is 168 g/mol. The van der Waals surface area contributed by atoms with Crippen molar-refractivity contribution >= 4 is 37.7 Å². The predicted molar refractivity (Wildman–Crippen MR) is 17.9 cm³/mol. The Balaban J connectivity index is 0. The molecule has 1 aliphatic heterocycles. The van der Waals surface area contributed by atoms with Crippen LogP contribution >= 0.6 is 0 Å². The molecule has 0 radical (unpaired) electrons. The van der Waals surface area contributed by atoms with E-state index in [-0.39, 0.29) is 59.5 Å². The smallest absolute Gasteiger partial charge is 0 e. The zero-order valence-electron chi connectivity index (χ0n) is 2.71. The van der Waals surface area contributed by atoms with E-state index in [0.717, 1.165) is 0 Å². The summed E-state index contributed by atoms with van der Waals surface area (Å²) in [6, 6.07) is 0. The van der Waals surface area contributed by atoms with Gasteiger partial charge in [-0.1, -0.05) is 0 Å². The third-order valence-corrected chi connectivity index (χ3v) is 0.232. The van der Waals surface area contributed by atoms with Crippen LogP contribution in [0.2, 0.25) is 0 Å². The normalized spacial score (nSPS) is 21.4. The van der Waals surface area contributed by atoms with Gasteiger partial charge in [0.15, 0.2) is 0 Å². The molecule has 0 aliphatic carbocycles. The van der Waals surface area contributed by atoms with Gasteiger partial charge in [0, 0.05) is 21.7 Å². The maximum absolute atomic E-state index is 7.74. The molecule has 2 N–H and O–H groups in total. The predicted octanol–water partition coefficient (Wildman–Crippen LogP) is -2.37. The number of hydrogen-bond acceptors (Lipinski definition) is 4. The molecule has 0 bridgehead atoms. The van der Waals surface area contributed by atoms with Crippen molar-refractivity contribution in [2.75, 3.05) is 0 Å². The Morgan fingerprint density at radius 3 is 1.29 bits per heavy atom. The fourth-order valence-electron chi connectivity index (χ4n) is 0.0373. The van der Waals surface area contributed by atoms with Gasteiger partial charge in [0.1, 0.15) is 0 Å². The Bertz CT molecular complexity index is 49.7. The second-order valence-electron chi connectivity index (χ2n) is 0.715. The van der Waals surface area contributed by atoms with Gasteiger partial charge < -0.3 is 10.2 Å². The van der Waals surface area contributed by atoms with Crippen molar-refractivity contribution in [3.8, 4) is 0 Å². The van der Waals surface area contributed by atoms with E-state index in [1.807, 2.05) is 0 Å². The minimum atomic E-state index is -2.25. The van der Waals surface area contributed by atoms with E-state index in [1.165, 1.54) is 0 Å². The maximum atomic E-state index is 7.74. The Kier molecular flexibility index (Phi) is 6.24. The van der Waals surface area contributed by atoms with Crippen LogP contribution in [0.15, 0.2) is 0 Å². The molecule has 4 nitrogen and oxygen atoms in total. The van der Waals surface area contributed by atoms with Gasteiger partial charge in [0.25, 0.3) is 0 Å². The molecule has 1 fully saturated rings. The van der Waals surface area contributed by atoms with Crippen LogP contribution in [-0.4, -0.2) is 54.1 Å². The molecule has 7 heavy (non-hydrogen) atoms. The summed E-state index contributed by atoms with van der Waals surface area (Å²) in [6.45, 7) is 0. The zero-order chi connectivity index (χ0) is 3.91. The first kappa shape index (κ1) is 11.6. The second kappa shape index (κ2) is 3.77. The summed E-state index contributed by atoms with van der Waals surface area (Å²) in [4.78, 5) is 7.01. The van der Waals surface area contributed by atoms with E-state index in [2.05, 4.69) is 9.78 Å². The van der Waals surface area contributed by atoms with E-state index in [1.54, 1.807) is 0 Å². The first-order valence-corrected chi connectivity index (χ1v) is 1.02. The summed E-state index contributed by atoms with van der Waals surface area (Å²) in [5, 5.41) is 15.5. The summed E-state index contributed by atoms with van der Waals surface area (Å²) >= 11 is 0. The molecule has 0 saturated carbocycles. The van der Waals surface area contributed by atoms with E-state index >= 15 is 0 Å². The van der Waals surface area contributed by atoms with Crippen molar-refractivity contribution in [3.63, 3.8) is 0 Å². The molecule has 1 heterocycles. The van der Waals surface area contributed by atoms with Crippen molar-refractivity contribution < 1.29 is 41.7 Å². The summed E-state index contributed by atoms with van der Waals surface area (Å²) in [5.74, 6) is 0. The quantitative estimate of drug-likeness (QED) is 0.183. The van der Waals surface area contributed by atoms with Crippen LogP contribution < -0.4 is 0 Å². The van der Waals surface area contributed by atoms with Gasteiger partial charge in [-0.15, -0.1) is 9.78 Å². The van der Waals surface area contributed by atoms with Crippen LogP contribution in [0.25, 0.3) is 0 Å². The molecule has 1 rings (SSSR count). The first-order chi connectivity index (χ1) is 2.21. The number of aliphatic hydroxyl groups is 2. The third-order valence-electron chi connectivity index (χ3n) is 0.232. The SMILES string of the molecule is OC1(O)OO1.[CaH2].[Ti]. The first-order valence-electron chi connectivity index (χ1n) is 1.02. The van der Waals surface area contributed by atoms with Gasteiger partial charge in [-0.05, 0) is 0 Å². The van der Waals surface area contributed by atoms with Gasteiger partial charge in [-0.25, -0.2) is 0 Å². The molecule has 0 unspecified atom stereocenters. The van der Waals surface area contributed by atoms with Crippen molar-refractivity contribution in [3.05, 3.63) is 0 Å². The van der Waals surface area contributed by atoms with Crippen molar-refractivity contribution in [2.45, 2.75) is 6.16 Å². The van der Waals surface area contributed by atoms with Crippen LogP contribution in [0.3, 0.4) is 0 Å². The van der Waals surface area contributed by atoms with E-state index in [4.69, 9.17) is 10.2 Å². The number of rotatable bonds is 0. The number of hydrogen-bond donors (Lipinski definition) is 2. The molecule has 0 aromatic heterocycles. The molecule has 1 saturated heterocycles. The fourth-order valence-corrected chi connectivity index (χ4v) is 0.0373. The maximum Gasteiger partial charge on any atom is 0 e. The molecule has 0 amide bonds. The van der Waals surface area contributed by atoms with E-state index in [9.17, 15) is 0 Å². The van der Waals surface area contributed by atoms with E-state index < -0.39 is 6.16 Å².